The predicted octanol–water partition coefficient (Wildman–Crippen LogP) is 6.69. The largest absolute Gasteiger partial charge is 0.323 e. The fourth-order valence-electron chi connectivity index (χ4n) is 5.19. The van der Waals surface area contributed by atoms with Crippen LogP contribution in [-0.2, 0) is 25.7 Å². The first-order valence-electron chi connectivity index (χ1n) is 11.4. The zero-order valence-corrected chi connectivity index (χ0v) is 17.5. The lowest BCUT2D eigenvalue weighted by Gasteiger charge is -2.08. The molecule has 150 valence electrons. The molecule has 0 unspecified atom stereocenters. The molecule has 4 aromatic rings. The van der Waals surface area contributed by atoms with E-state index < -0.39 is 0 Å². The van der Waals surface area contributed by atoms with Crippen LogP contribution in [0, 0.1) is 0 Å². The van der Waals surface area contributed by atoms with Crippen LogP contribution in [0.3, 0.4) is 0 Å². The minimum absolute atomic E-state index is 1.23. The Bertz CT molecular complexity index is 1030. The maximum atomic E-state index is 2.33. The summed E-state index contributed by atoms with van der Waals surface area (Å²) in [5.41, 5.74) is 11.2. The number of rotatable bonds is 3. The van der Waals surface area contributed by atoms with Gasteiger partial charge in [0.2, 0.25) is 0 Å². The molecule has 0 amide bonds. The van der Waals surface area contributed by atoms with Crippen LogP contribution in [0.15, 0.2) is 73.3 Å². The third-order valence-electron chi connectivity index (χ3n) is 6.95. The number of benzene rings is 2. The summed E-state index contributed by atoms with van der Waals surface area (Å²) in [4.78, 5) is 0. The average Bonchev–Trinajstić information content (AvgIpc) is 3.44. The summed E-state index contributed by atoms with van der Waals surface area (Å²) in [7, 11) is 0. The first-order valence-corrected chi connectivity index (χ1v) is 11.4. The van der Waals surface area contributed by atoms with Crippen LogP contribution >= 0.6 is 0 Å². The number of hydrogen-bond acceptors (Lipinski definition) is 0. The zero-order valence-electron chi connectivity index (χ0n) is 17.5. The lowest BCUT2D eigenvalue weighted by atomic mass is 9.96. The zero-order chi connectivity index (χ0) is 19.9. The second-order valence-corrected chi connectivity index (χ2v) is 8.94. The predicted molar refractivity (Wildman–Crippen MR) is 124 cm³/mol. The molecule has 2 heteroatoms. The van der Waals surface area contributed by atoms with Gasteiger partial charge in [-0.15, -0.1) is 0 Å². The van der Waals surface area contributed by atoms with Gasteiger partial charge in [-0.2, -0.15) is 0 Å². The molecule has 30 heavy (non-hydrogen) atoms. The summed E-state index contributed by atoms with van der Waals surface area (Å²) in [5.74, 6) is 0. The van der Waals surface area contributed by atoms with E-state index in [2.05, 4.69) is 82.5 Å². The Morgan fingerprint density at radius 1 is 0.400 bits per heavy atom. The van der Waals surface area contributed by atoms with Crippen molar-refractivity contribution in [2.75, 3.05) is 0 Å². The van der Waals surface area contributed by atoms with Gasteiger partial charge in [-0.05, 0) is 109 Å². The van der Waals surface area contributed by atoms with Gasteiger partial charge in [0.15, 0.2) is 0 Å². The highest BCUT2D eigenvalue weighted by molar-refractivity contribution is 5.66. The molecule has 0 bridgehead atoms. The number of aromatic nitrogens is 2. The molecule has 0 fully saturated rings. The first kappa shape index (κ1) is 17.8. The molecule has 2 aliphatic carbocycles. The Balaban J connectivity index is 1.23. The van der Waals surface area contributed by atoms with Crippen molar-refractivity contribution in [3.8, 4) is 22.5 Å². The maximum Gasteiger partial charge on any atom is 0.0449 e. The highest BCUT2D eigenvalue weighted by atomic mass is 15.0. The van der Waals surface area contributed by atoms with Crippen molar-refractivity contribution >= 4 is 0 Å². The van der Waals surface area contributed by atoms with Crippen molar-refractivity contribution in [1.82, 2.24) is 9.13 Å². The molecule has 0 saturated heterocycles. The molecule has 0 atom stereocenters. The summed E-state index contributed by atoms with van der Waals surface area (Å²) in [6.07, 6.45) is 19.6. The fraction of sp³-hybridized carbons (Fsp3) is 0.286. The van der Waals surface area contributed by atoms with Gasteiger partial charge in [0.05, 0.1) is 0 Å². The summed E-state index contributed by atoms with van der Waals surface area (Å²) >= 11 is 0. The van der Waals surface area contributed by atoms with E-state index in [1.165, 1.54) is 96.1 Å². The van der Waals surface area contributed by atoms with Gasteiger partial charge in [-0.25, -0.2) is 0 Å². The average molecular weight is 393 g/mol. The van der Waals surface area contributed by atoms with Crippen molar-refractivity contribution in [3.05, 3.63) is 95.6 Å². The van der Waals surface area contributed by atoms with Crippen molar-refractivity contribution < 1.29 is 0 Å². The topological polar surface area (TPSA) is 9.86 Å². The summed E-state index contributed by atoms with van der Waals surface area (Å²) in [6, 6.07) is 18.0. The third-order valence-corrected chi connectivity index (χ3v) is 6.95. The number of aryl methyl sites for hydroxylation is 4. The number of nitrogens with zero attached hydrogens (tertiary/aromatic N) is 2. The van der Waals surface area contributed by atoms with Gasteiger partial charge in [0, 0.05) is 36.2 Å². The van der Waals surface area contributed by atoms with Crippen molar-refractivity contribution in [1.29, 1.82) is 0 Å². The second-order valence-electron chi connectivity index (χ2n) is 8.94. The van der Waals surface area contributed by atoms with Gasteiger partial charge in [-0.3, -0.25) is 0 Å². The lowest BCUT2D eigenvalue weighted by molar-refractivity contribution is 0.690. The van der Waals surface area contributed by atoms with E-state index in [1.807, 2.05) is 0 Å². The standard InChI is InChI=1S/C28H28N2/c1-2-6-24-18-29(17-23(24)5-1)27-13-9-21(10-14-27)22-11-15-28(16-12-22)30-19-25-7-3-4-8-26(25)20-30/h9-20H,1-8H2. The highest BCUT2D eigenvalue weighted by Gasteiger charge is 2.13. The van der Waals surface area contributed by atoms with E-state index >= 15 is 0 Å². The third kappa shape index (κ3) is 3.21. The Labute approximate surface area is 178 Å². The fourth-order valence-corrected chi connectivity index (χ4v) is 5.19. The molecule has 0 radical (unpaired) electrons. The molecule has 0 saturated carbocycles. The highest BCUT2D eigenvalue weighted by Crippen LogP contribution is 2.28. The Hall–Kier alpha value is -3.00. The summed E-state index contributed by atoms with van der Waals surface area (Å²) in [5, 5.41) is 0. The van der Waals surface area contributed by atoms with E-state index in [1.54, 1.807) is 0 Å². The summed E-state index contributed by atoms with van der Waals surface area (Å²) in [6.45, 7) is 0. The van der Waals surface area contributed by atoms with E-state index in [9.17, 15) is 0 Å². The maximum absolute atomic E-state index is 2.33. The molecule has 6 rings (SSSR count). The smallest absolute Gasteiger partial charge is 0.0449 e. The van der Waals surface area contributed by atoms with Gasteiger partial charge in [0.1, 0.15) is 0 Å². The Morgan fingerprint density at radius 2 is 0.700 bits per heavy atom. The SMILES string of the molecule is c1cc(-n2cc3c(c2)CCCC3)ccc1-c1ccc(-n2cc3c(c2)CCCC3)cc1. The van der Waals surface area contributed by atoms with Gasteiger partial charge < -0.3 is 9.13 Å². The van der Waals surface area contributed by atoms with Crippen molar-refractivity contribution in [3.63, 3.8) is 0 Å². The number of hydrogen-bond donors (Lipinski definition) is 0. The molecular weight excluding hydrogens is 364 g/mol. The second kappa shape index (κ2) is 7.36. The molecule has 2 aromatic heterocycles. The quantitative estimate of drug-likeness (QED) is 0.367. The molecule has 0 aliphatic heterocycles. The molecule has 0 N–H and O–H groups in total. The monoisotopic (exact) mass is 392 g/mol. The minimum Gasteiger partial charge on any atom is -0.323 e. The van der Waals surface area contributed by atoms with Crippen LogP contribution in [0.5, 0.6) is 0 Å². The Kier molecular flexibility index (Phi) is 4.37. The van der Waals surface area contributed by atoms with Gasteiger partial charge in [0.25, 0.3) is 0 Å². The van der Waals surface area contributed by atoms with Crippen LogP contribution in [-0.4, -0.2) is 9.13 Å². The minimum atomic E-state index is 1.23. The van der Waals surface area contributed by atoms with E-state index in [-0.39, 0.29) is 0 Å². The first-order chi connectivity index (χ1) is 14.8. The molecule has 2 heterocycles. The molecular formula is C28H28N2. The lowest BCUT2D eigenvalue weighted by Crippen LogP contribution is -1.97. The van der Waals surface area contributed by atoms with E-state index in [0.29, 0.717) is 0 Å². The Morgan fingerprint density at radius 3 is 1.00 bits per heavy atom. The van der Waals surface area contributed by atoms with Crippen LogP contribution in [0.1, 0.15) is 47.9 Å². The molecule has 2 aromatic carbocycles. The van der Waals surface area contributed by atoms with E-state index in [4.69, 9.17) is 0 Å². The molecule has 2 aliphatic rings. The van der Waals surface area contributed by atoms with Gasteiger partial charge >= 0.3 is 0 Å². The van der Waals surface area contributed by atoms with Crippen molar-refractivity contribution in [2.24, 2.45) is 0 Å². The number of fused-ring (bicyclic) bond motifs is 2. The van der Waals surface area contributed by atoms with Crippen LogP contribution in [0.25, 0.3) is 22.5 Å². The normalized spacial score (nSPS) is 15.6. The van der Waals surface area contributed by atoms with Crippen LogP contribution in [0.4, 0.5) is 0 Å². The molecule has 2 nitrogen and oxygen atoms in total. The summed E-state index contributed by atoms with van der Waals surface area (Å²) < 4.78 is 4.60. The molecule has 0 spiro atoms. The van der Waals surface area contributed by atoms with Crippen LogP contribution < -0.4 is 0 Å². The van der Waals surface area contributed by atoms with Crippen LogP contribution in [0.2, 0.25) is 0 Å². The van der Waals surface area contributed by atoms with Gasteiger partial charge in [-0.1, -0.05) is 24.3 Å². The van der Waals surface area contributed by atoms with Crippen molar-refractivity contribution in [2.45, 2.75) is 51.4 Å². The van der Waals surface area contributed by atoms with E-state index in [0.717, 1.165) is 0 Å².